The van der Waals surface area contributed by atoms with E-state index in [2.05, 4.69) is 15.7 Å². The molecule has 4 rings (SSSR count). The molecule has 0 saturated heterocycles. The zero-order chi connectivity index (χ0) is 23.0. The number of carbonyl (C=O) groups is 3. The molecule has 0 radical (unpaired) electrons. The van der Waals surface area contributed by atoms with E-state index in [1.165, 1.54) is 5.01 Å². The third-order valence-electron chi connectivity index (χ3n) is 5.25. The molecule has 0 bridgehead atoms. The van der Waals surface area contributed by atoms with E-state index in [-0.39, 0.29) is 36.9 Å². The first-order chi connectivity index (χ1) is 16.1. The highest BCUT2D eigenvalue weighted by atomic mass is 16.2. The van der Waals surface area contributed by atoms with Crippen molar-refractivity contribution in [1.29, 1.82) is 0 Å². The monoisotopic (exact) mass is 440 g/mol. The summed E-state index contributed by atoms with van der Waals surface area (Å²) < 4.78 is 0. The van der Waals surface area contributed by atoms with Crippen molar-refractivity contribution in [2.24, 2.45) is 5.10 Å². The zero-order valence-corrected chi connectivity index (χ0v) is 18.0. The molecule has 7 nitrogen and oxygen atoms in total. The topological polar surface area (TPSA) is 90.9 Å². The number of hydrogen-bond acceptors (Lipinski definition) is 4. The highest BCUT2D eigenvalue weighted by Crippen LogP contribution is 2.18. The Hall–Kier alpha value is -4.26. The molecular weight excluding hydrogens is 416 g/mol. The summed E-state index contributed by atoms with van der Waals surface area (Å²) in [5.74, 6) is -0.983. The Bertz CT molecular complexity index is 1150. The van der Waals surface area contributed by atoms with Crippen LogP contribution in [0, 0.1) is 0 Å². The lowest BCUT2D eigenvalue weighted by Crippen LogP contribution is -2.43. The number of hydrogen-bond donors (Lipinski definition) is 2. The first kappa shape index (κ1) is 22.0. The van der Waals surface area contributed by atoms with Crippen LogP contribution < -0.4 is 10.6 Å². The van der Waals surface area contributed by atoms with Gasteiger partial charge in [-0.25, -0.2) is 5.01 Å². The van der Waals surface area contributed by atoms with Crippen molar-refractivity contribution in [1.82, 2.24) is 10.3 Å². The summed E-state index contributed by atoms with van der Waals surface area (Å²) in [7, 11) is 0. The van der Waals surface area contributed by atoms with Gasteiger partial charge in [0, 0.05) is 18.5 Å². The molecule has 2 N–H and O–H groups in total. The van der Waals surface area contributed by atoms with Crippen molar-refractivity contribution >= 4 is 29.1 Å². The molecule has 0 fully saturated rings. The van der Waals surface area contributed by atoms with Crippen LogP contribution in [0.25, 0.3) is 0 Å². The summed E-state index contributed by atoms with van der Waals surface area (Å²) in [6.45, 7) is 0.285. The van der Waals surface area contributed by atoms with Crippen LogP contribution >= 0.6 is 0 Å². The molecule has 1 unspecified atom stereocenters. The second kappa shape index (κ2) is 10.4. The molecule has 3 aromatic carbocycles. The Morgan fingerprint density at radius 3 is 2.12 bits per heavy atom. The summed E-state index contributed by atoms with van der Waals surface area (Å²) in [6, 6.07) is 26.6. The van der Waals surface area contributed by atoms with Gasteiger partial charge in [-0.2, -0.15) is 5.10 Å². The van der Waals surface area contributed by atoms with E-state index in [1.54, 1.807) is 24.3 Å². The highest BCUT2D eigenvalue weighted by molar-refractivity contribution is 6.40. The van der Waals surface area contributed by atoms with E-state index in [0.717, 1.165) is 5.56 Å². The average Bonchev–Trinajstić information content (AvgIpc) is 2.85. The first-order valence-corrected chi connectivity index (χ1v) is 10.7. The predicted molar refractivity (Wildman–Crippen MR) is 126 cm³/mol. The lowest BCUT2D eigenvalue weighted by molar-refractivity contribution is -0.132. The van der Waals surface area contributed by atoms with E-state index in [0.29, 0.717) is 11.3 Å². The molecule has 1 aliphatic heterocycles. The summed E-state index contributed by atoms with van der Waals surface area (Å²) in [5, 5.41) is 11.3. The van der Waals surface area contributed by atoms with Gasteiger partial charge >= 0.3 is 0 Å². The summed E-state index contributed by atoms with van der Waals surface area (Å²) in [4.78, 5) is 38.5. The molecule has 3 aromatic rings. The van der Waals surface area contributed by atoms with Crippen LogP contribution in [0.15, 0.2) is 96.1 Å². The van der Waals surface area contributed by atoms with Crippen LogP contribution in [0.1, 0.15) is 30.0 Å². The smallest absolute Gasteiger partial charge is 0.268 e. The van der Waals surface area contributed by atoms with E-state index < -0.39 is 11.9 Å². The van der Waals surface area contributed by atoms with Gasteiger partial charge in [0.15, 0.2) is 0 Å². The third-order valence-corrected chi connectivity index (χ3v) is 5.25. The molecule has 166 valence electrons. The van der Waals surface area contributed by atoms with Gasteiger partial charge in [-0.05, 0) is 23.3 Å². The number of hydrazone groups is 1. The Kier molecular flexibility index (Phi) is 6.90. The summed E-state index contributed by atoms with van der Waals surface area (Å²) in [6.07, 6.45) is 0.406. The molecular formula is C26H24N4O3. The molecule has 7 heteroatoms. The van der Waals surface area contributed by atoms with Crippen molar-refractivity contribution in [2.45, 2.75) is 25.4 Å². The molecule has 0 saturated carbocycles. The van der Waals surface area contributed by atoms with Crippen molar-refractivity contribution in [2.75, 3.05) is 5.32 Å². The molecule has 33 heavy (non-hydrogen) atoms. The Balaban J connectivity index is 1.52. The average molecular weight is 441 g/mol. The standard InChI is InChI=1S/C26H24N4O3/c31-23-17-16-22(29-30(23)18-19-10-4-1-5-11-19)25(32)28-24(20-12-6-2-7-13-20)26(33)27-21-14-8-3-9-15-21/h1-15,24H,16-18H2,(H,27,33)(H,28,32). The number of nitrogens with zero attached hydrogens (tertiary/aromatic N) is 2. The first-order valence-electron chi connectivity index (χ1n) is 10.7. The number of benzene rings is 3. The van der Waals surface area contributed by atoms with Gasteiger partial charge in [-0.1, -0.05) is 78.9 Å². The third kappa shape index (κ3) is 5.71. The number of carbonyl (C=O) groups excluding carboxylic acids is 3. The van der Waals surface area contributed by atoms with Crippen LogP contribution in [0.5, 0.6) is 0 Å². The van der Waals surface area contributed by atoms with E-state index >= 15 is 0 Å². The largest absolute Gasteiger partial charge is 0.335 e. The van der Waals surface area contributed by atoms with Gasteiger partial charge in [-0.3, -0.25) is 14.4 Å². The van der Waals surface area contributed by atoms with E-state index in [4.69, 9.17) is 0 Å². The Morgan fingerprint density at radius 2 is 1.45 bits per heavy atom. The number of anilines is 1. The van der Waals surface area contributed by atoms with E-state index in [1.807, 2.05) is 66.7 Å². The van der Waals surface area contributed by atoms with Crippen LogP contribution in [0.2, 0.25) is 0 Å². The Morgan fingerprint density at radius 1 is 0.848 bits per heavy atom. The van der Waals surface area contributed by atoms with Crippen molar-refractivity contribution in [3.63, 3.8) is 0 Å². The van der Waals surface area contributed by atoms with Gasteiger partial charge in [0.1, 0.15) is 11.8 Å². The lowest BCUT2D eigenvalue weighted by Gasteiger charge is -2.25. The lowest BCUT2D eigenvalue weighted by atomic mass is 10.0. The quantitative estimate of drug-likeness (QED) is 0.587. The minimum atomic E-state index is -0.915. The maximum Gasteiger partial charge on any atom is 0.268 e. The van der Waals surface area contributed by atoms with E-state index in [9.17, 15) is 14.4 Å². The maximum atomic E-state index is 13.1. The normalized spacial score (nSPS) is 14.2. The summed E-state index contributed by atoms with van der Waals surface area (Å²) in [5.41, 5.74) is 2.42. The van der Waals surface area contributed by atoms with Crippen LogP contribution in [0.3, 0.4) is 0 Å². The van der Waals surface area contributed by atoms with Crippen molar-refractivity contribution < 1.29 is 14.4 Å². The van der Waals surface area contributed by atoms with Crippen LogP contribution in [-0.2, 0) is 20.9 Å². The number of amides is 3. The predicted octanol–water partition coefficient (Wildman–Crippen LogP) is 3.66. The van der Waals surface area contributed by atoms with Gasteiger partial charge in [0.2, 0.25) is 5.91 Å². The molecule has 0 aliphatic carbocycles. The number of para-hydroxylation sites is 1. The summed E-state index contributed by atoms with van der Waals surface area (Å²) >= 11 is 0. The second-order valence-electron chi connectivity index (χ2n) is 7.66. The second-order valence-corrected chi connectivity index (χ2v) is 7.66. The van der Waals surface area contributed by atoms with Gasteiger partial charge in [0.05, 0.1) is 6.54 Å². The molecule has 1 atom stereocenters. The SMILES string of the molecule is O=C(NC(C(=O)Nc1ccccc1)c1ccccc1)C1=NN(Cc2ccccc2)C(=O)CC1. The number of rotatable bonds is 7. The fourth-order valence-corrected chi connectivity index (χ4v) is 3.54. The molecule has 1 aliphatic rings. The maximum absolute atomic E-state index is 13.1. The van der Waals surface area contributed by atoms with Crippen LogP contribution in [-0.4, -0.2) is 28.4 Å². The molecule has 0 aromatic heterocycles. The molecule has 0 spiro atoms. The minimum Gasteiger partial charge on any atom is -0.335 e. The van der Waals surface area contributed by atoms with Crippen LogP contribution in [0.4, 0.5) is 5.69 Å². The van der Waals surface area contributed by atoms with Gasteiger partial charge in [0.25, 0.3) is 11.8 Å². The molecule has 3 amide bonds. The minimum absolute atomic E-state index is 0.142. The van der Waals surface area contributed by atoms with Crippen molar-refractivity contribution in [3.05, 3.63) is 102 Å². The van der Waals surface area contributed by atoms with Gasteiger partial charge < -0.3 is 10.6 Å². The van der Waals surface area contributed by atoms with Gasteiger partial charge in [-0.15, -0.1) is 0 Å². The molecule has 1 heterocycles. The number of nitrogens with one attached hydrogen (secondary N) is 2. The highest BCUT2D eigenvalue weighted by Gasteiger charge is 2.29. The fourth-order valence-electron chi connectivity index (χ4n) is 3.54. The fraction of sp³-hybridized carbons (Fsp3) is 0.154. The zero-order valence-electron chi connectivity index (χ0n) is 18.0. The van der Waals surface area contributed by atoms with Crippen molar-refractivity contribution in [3.8, 4) is 0 Å². The Labute approximate surface area is 192 Å².